The van der Waals surface area contributed by atoms with E-state index in [0.29, 0.717) is 5.02 Å². The Bertz CT molecular complexity index is 275. The van der Waals surface area contributed by atoms with Gasteiger partial charge in [0.05, 0.1) is 5.02 Å². The first-order chi connectivity index (χ1) is 5.18. The van der Waals surface area contributed by atoms with Crippen LogP contribution in [0.15, 0.2) is 12.3 Å². The number of carbonyl (C=O) groups is 1. The molecule has 3 nitrogen and oxygen atoms in total. The molecule has 57 valence electrons. The molecule has 0 aliphatic heterocycles. The van der Waals surface area contributed by atoms with Crippen LogP contribution in [0.2, 0.25) is 5.02 Å². The molecule has 0 amide bonds. The van der Waals surface area contributed by atoms with E-state index < -0.39 is 5.97 Å². The molecule has 11 heavy (non-hydrogen) atoms. The molecule has 1 rings (SSSR count). The van der Waals surface area contributed by atoms with Crippen molar-refractivity contribution in [1.82, 2.24) is 4.98 Å². The highest BCUT2D eigenvalue weighted by molar-refractivity contribution is 6.30. The van der Waals surface area contributed by atoms with E-state index in [1.807, 2.05) is 0 Å². The zero-order valence-corrected chi connectivity index (χ0v) is 6.55. The molecule has 1 aromatic heterocycles. The van der Waals surface area contributed by atoms with Gasteiger partial charge < -0.3 is 4.74 Å². The summed E-state index contributed by atoms with van der Waals surface area (Å²) < 4.78 is 4.65. The third kappa shape index (κ3) is 2.55. The van der Waals surface area contributed by atoms with E-state index in [-0.39, 0.29) is 5.75 Å². The van der Waals surface area contributed by atoms with E-state index in [1.165, 1.54) is 19.2 Å². The quantitative estimate of drug-likeness (QED) is 0.599. The van der Waals surface area contributed by atoms with Crippen LogP contribution in [-0.4, -0.2) is 11.0 Å². The predicted octanol–water partition coefficient (Wildman–Crippen LogP) is 1.46. The van der Waals surface area contributed by atoms with Crippen LogP contribution in [0, 0.1) is 6.20 Å². The third-order valence-electron chi connectivity index (χ3n) is 0.885. The number of esters is 1. The number of halogens is 1. The largest absolute Gasteiger partial charge is 0.424 e. The van der Waals surface area contributed by atoms with Crippen LogP contribution in [0.4, 0.5) is 0 Å². The van der Waals surface area contributed by atoms with Crippen LogP contribution >= 0.6 is 11.6 Å². The van der Waals surface area contributed by atoms with E-state index in [4.69, 9.17) is 11.6 Å². The van der Waals surface area contributed by atoms with Crippen molar-refractivity contribution in [2.45, 2.75) is 6.92 Å². The molecule has 1 radical (unpaired) electrons. The van der Waals surface area contributed by atoms with Crippen molar-refractivity contribution in [3.63, 3.8) is 0 Å². The van der Waals surface area contributed by atoms with Crippen LogP contribution in [0.25, 0.3) is 0 Å². The highest BCUT2D eigenvalue weighted by atomic mass is 35.5. The Morgan fingerprint density at radius 1 is 1.82 bits per heavy atom. The zero-order valence-electron chi connectivity index (χ0n) is 5.80. The van der Waals surface area contributed by atoms with Crippen LogP contribution in [0.5, 0.6) is 5.75 Å². The first kappa shape index (κ1) is 8.01. The number of aromatic nitrogens is 1. The molecular weight excluding hydrogens is 166 g/mol. The van der Waals surface area contributed by atoms with Gasteiger partial charge in [-0.1, -0.05) is 11.6 Å². The van der Waals surface area contributed by atoms with Gasteiger partial charge in [0.15, 0.2) is 5.75 Å². The van der Waals surface area contributed by atoms with E-state index in [1.54, 1.807) is 0 Å². The van der Waals surface area contributed by atoms with Crippen molar-refractivity contribution in [2.75, 3.05) is 0 Å². The summed E-state index contributed by atoms with van der Waals surface area (Å²) >= 11 is 5.55. The molecule has 0 fully saturated rings. The molecule has 1 aromatic rings. The molecule has 0 saturated heterocycles. The number of rotatable bonds is 1. The minimum atomic E-state index is -0.412. The maximum atomic E-state index is 10.4. The molecule has 0 aliphatic rings. The van der Waals surface area contributed by atoms with E-state index in [2.05, 4.69) is 15.9 Å². The Morgan fingerprint density at radius 2 is 2.55 bits per heavy atom. The molecule has 0 atom stereocenters. The summed E-state index contributed by atoms with van der Waals surface area (Å²) in [5, 5.41) is 0.417. The SMILES string of the molecule is CC(=O)Oc1[c]ncc(Cl)c1. The van der Waals surface area contributed by atoms with Gasteiger partial charge in [0.25, 0.3) is 0 Å². The lowest BCUT2D eigenvalue weighted by Crippen LogP contribution is -2.01. The van der Waals surface area contributed by atoms with Crippen molar-refractivity contribution in [3.05, 3.63) is 23.5 Å². The van der Waals surface area contributed by atoms with E-state index in [9.17, 15) is 4.79 Å². The molecule has 4 heteroatoms. The van der Waals surface area contributed by atoms with Crippen LogP contribution in [0.3, 0.4) is 0 Å². The van der Waals surface area contributed by atoms with Gasteiger partial charge in [-0.3, -0.25) is 4.79 Å². The minimum absolute atomic E-state index is 0.241. The normalized spacial score (nSPS) is 9.27. The van der Waals surface area contributed by atoms with Crippen molar-refractivity contribution in [3.8, 4) is 5.75 Å². The fourth-order valence-corrected chi connectivity index (χ4v) is 0.707. The summed E-state index contributed by atoms with van der Waals surface area (Å²) in [5.74, 6) is -0.171. The third-order valence-corrected chi connectivity index (χ3v) is 1.09. The van der Waals surface area contributed by atoms with E-state index >= 15 is 0 Å². The second-order valence-corrected chi connectivity index (χ2v) is 2.29. The average molecular weight is 171 g/mol. The molecule has 1 heterocycles. The van der Waals surface area contributed by atoms with Gasteiger partial charge >= 0.3 is 5.97 Å². The highest BCUT2D eigenvalue weighted by Crippen LogP contribution is 2.14. The first-order valence-corrected chi connectivity index (χ1v) is 3.28. The Morgan fingerprint density at radius 3 is 3.09 bits per heavy atom. The van der Waals surface area contributed by atoms with Crippen molar-refractivity contribution in [1.29, 1.82) is 0 Å². The summed E-state index contributed by atoms with van der Waals surface area (Å²) in [5.41, 5.74) is 0. The first-order valence-electron chi connectivity index (χ1n) is 2.90. The lowest BCUT2D eigenvalue weighted by atomic mass is 10.5. The van der Waals surface area contributed by atoms with Gasteiger partial charge in [-0.25, -0.2) is 4.98 Å². The van der Waals surface area contributed by atoms with Crippen molar-refractivity contribution >= 4 is 17.6 Å². The molecule has 0 unspecified atom stereocenters. The van der Waals surface area contributed by atoms with Gasteiger partial charge in [-0.15, -0.1) is 0 Å². The Kier molecular flexibility index (Phi) is 2.44. The summed E-state index contributed by atoms with van der Waals surface area (Å²) in [7, 11) is 0. The molecule has 0 N–H and O–H groups in total. The second-order valence-electron chi connectivity index (χ2n) is 1.86. The van der Waals surface area contributed by atoms with Crippen molar-refractivity contribution in [2.24, 2.45) is 0 Å². The molecule has 0 aromatic carbocycles. The van der Waals surface area contributed by atoms with E-state index in [0.717, 1.165) is 0 Å². The van der Waals surface area contributed by atoms with Gasteiger partial charge in [0.1, 0.15) is 6.20 Å². The van der Waals surface area contributed by atoms with Crippen LogP contribution in [0.1, 0.15) is 6.92 Å². The number of carbonyl (C=O) groups excluding carboxylic acids is 1. The van der Waals surface area contributed by atoms with Gasteiger partial charge in [0, 0.05) is 19.2 Å². The van der Waals surface area contributed by atoms with Gasteiger partial charge in [0.2, 0.25) is 0 Å². The molecular formula is C7H5ClNO2. The zero-order chi connectivity index (χ0) is 8.27. The Labute approximate surface area is 69.0 Å². The average Bonchev–Trinajstić information content (AvgIpc) is 1.85. The maximum Gasteiger partial charge on any atom is 0.308 e. The lowest BCUT2D eigenvalue weighted by Gasteiger charge is -1.97. The second kappa shape index (κ2) is 3.34. The smallest absolute Gasteiger partial charge is 0.308 e. The fraction of sp³-hybridized carbons (Fsp3) is 0.143. The number of nitrogens with zero attached hydrogens (tertiary/aromatic N) is 1. The molecule has 0 spiro atoms. The lowest BCUT2D eigenvalue weighted by molar-refractivity contribution is -0.131. The topological polar surface area (TPSA) is 39.2 Å². The summed E-state index contributed by atoms with van der Waals surface area (Å²) in [6, 6.07) is 1.47. The predicted molar refractivity (Wildman–Crippen MR) is 39.4 cm³/mol. The number of hydrogen-bond donors (Lipinski definition) is 0. The molecule has 0 saturated carbocycles. The minimum Gasteiger partial charge on any atom is -0.424 e. The van der Waals surface area contributed by atoms with Crippen LogP contribution < -0.4 is 4.74 Å². The summed E-state index contributed by atoms with van der Waals surface area (Å²) in [6.07, 6.45) is 3.87. The highest BCUT2D eigenvalue weighted by Gasteiger charge is 1.98. The van der Waals surface area contributed by atoms with Gasteiger partial charge in [-0.2, -0.15) is 0 Å². The van der Waals surface area contributed by atoms with Gasteiger partial charge in [-0.05, 0) is 0 Å². The number of hydrogen-bond acceptors (Lipinski definition) is 3. The number of ether oxygens (including phenoxy) is 1. The fourth-order valence-electron chi connectivity index (χ4n) is 0.559. The summed E-state index contributed by atoms with van der Waals surface area (Å²) in [4.78, 5) is 14.0. The Balaban J connectivity index is 2.79. The summed E-state index contributed by atoms with van der Waals surface area (Å²) in [6.45, 7) is 1.30. The maximum absolute atomic E-state index is 10.4. The Hall–Kier alpha value is -1.09. The molecule has 0 aliphatic carbocycles. The standard InChI is InChI=1S/C7H5ClNO2/c1-5(10)11-7-2-6(8)3-9-4-7/h2-3H,1H3. The van der Waals surface area contributed by atoms with Crippen molar-refractivity contribution < 1.29 is 9.53 Å². The molecule has 0 bridgehead atoms. The monoisotopic (exact) mass is 170 g/mol. The number of pyridine rings is 1. The van der Waals surface area contributed by atoms with Crippen LogP contribution in [-0.2, 0) is 4.79 Å².